The van der Waals surface area contributed by atoms with Crippen LogP contribution in [0.2, 0.25) is 0 Å². The lowest BCUT2D eigenvalue weighted by Crippen LogP contribution is -2.17. The molecule has 0 spiro atoms. The fourth-order valence-corrected chi connectivity index (χ4v) is 7.57. The van der Waals surface area contributed by atoms with Crippen LogP contribution in [0.5, 0.6) is 0 Å². The molecule has 0 aliphatic carbocycles. The average Bonchev–Trinajstić information content (AvgIpc) is 3.33. The Kier molecular flexibility index (Phi) is 7.75. The van der Waals surface area contributed by atoms with Crippen molar-refractivity contribution in [2.75, 3.05) is 16.3 Å². The fraction of sp³-hybridized carbons (Fsp3) is 0.0204. The molecule has 7 aromatic rings. The second kappa shape index (κ2) is 13.0. The number of hydrogen-bond acceptors (Lipinski definition) is 2. The second-order valence-corrected chi connectivity index (χ2v) is 13.0. The van der Waals surface area contributed by atoms with Crippen LogP contribution in [0.25, 0.3) is 50.1 Å². The van der Waals surface area contributed by atoms with Gasteiger partial charge in [0.15, 0.2) is 0 Å². The van der Waals surface area contributed by atoms with E-state index in [1.54, 1.807) is 0 Å². The lowest BCUT2D eigenvalue weighted by atomic mass is 9.93. The highest BCUT2D eigenvalue weighted by Gasteiger charge is 2.25. The minimum absolute atomic E-state index is 0.743. The summed E-state index contributed by atoms with van der Waals surface area (Å²) in [7, 11) is 0. The summed E-state index contributed by atoms with van der Waals surface area (Å²) in [6, 6.07) is 61.4. The second-order valence-electron chi connectivity index (χ2n) is 13.0. The molecule has 0 bridgehead atoms. The van der Waals surface area contributed by atoms with Gasteiger partial charge >= 0.3 is 0 Å². The summed E-state index contributed by atoms with van der Waals surface area (Å²) >= 11 is 0. The van der Waals surface area contributed by atoms with Gasteiger partial charge in [-0.1, -0.05) is 158 Å². The summed E-state index contributed by atoms with van der Waals surface area (Å²) in [5, 5.41) is 0. The summed E-state index contributed by atoms with van der Waals surface area (Å²) in [6.45, 7) is 5.12. The molecule has 2 heteroatoms. The molecule has 2 aliphatic heterocycles. The van der Waals surface area contributed by atoms with Crippen LogP contribution in [0.3, 0.4) is 0 Å². The molecule has 0 N–H and O–H groups in total. The number of anilines is 5. The molecule has 0 amide bonds. The first-order chi connectivity index (χ1) is 25.2. The van der Waals surface area contributed by atoms with Gasteiger partial charge in [-0.15, -0.1) is 0 Å². The van der Waals surface area contributed by atoms with Crippen LogP contribution in [0.1, 0.15) is 5.56 Å². The summed E-state index contributed by atoms with van der Waals surface area (Å²) in [5.74, 6) is 0. The first kappa shape index (κ1) is 30.4. The molecule has 0 radical (unpaired) electrons. The molecule has 0 aromatic heterocycles. The molecule has 2 aliphatic rings. The summed E-state index contributed by atoms with van der Waals surface area (Å²) < 4.78 is 0. The van der Waals surface area contributed by atoms with Gasteiger partial charge in [0, 0.05) is 40.3 Å². The summed E-state index contributed by atoms with van der Waals surface area (Å²) in [4.78, 5) is 4.80. The smallest absolute Gasteiger partial charge is 0.0540 e. The molecule has 0 unspecified atom stereocenters. The molecule has 51 heavy (non-hydrogen) atoms. The van der Waals surface area contributed by atoms with E-state index < -0.39 is 0 Å². The maximum Gasteiger partial charge on any atom is 0.0540 e. The van der Waals surface area contributed by atoms with Crippen LogP contribution < -0.4 is 9.80 Å². The molecule has 0 saturated heterocycles. The number of nitrogens with zero attached hydrogens (tertiary/aromatic N) is 2. The van der Waals surface area contributed by atoms with Crippen molar-refractivity contribution in [2.24, 2.45) is 0 Å². The van der Waals surface area contributed by atoms with Gasteiger partial charge < -0.3 is 9.80 Å². The quantitative estimate of drug-likeness (QED) is 0.187. The molecule has 242 valence electrons. The van der Waals surface area contributed by atoms with E-state index in [1.807, 2.05) is 0 Å². The first-order valence-electron chi connectivity index (χ1n) is 17.5. The maximum absolute atomic E-state index is 4.38. The highest BCUT2D eigenvalue weighted by molar-refractivity contribution is 6.02. The normalized spacial score (nSPS) is 14.5. The van der Waals surface area contributed by atoms with Gasteiger partial charge in [-0.2, -0.15) is 0 Å². The van der Waals surface area contributed by atoms with Gasteiger partial charge in [-0.05, 0) is 81.4 Å². The van der Waals surface area contributed by atoms with E-state index in [0.717, 1.165) is 29.1 Å². The zero-order valence-electron chi connectivity index (χ0n) is 28.3. The van der Waals surface area contributed by atoms with Gasteiger partial charge in [0.05, 0.1) is 11.4 Å². The molecule has 2 heterocycles. The average molecular weight is 653 g/mol. The van der Waals surface area contributed by atoms with Crippen molar-refractivity contribution in [1.29, 1.82) is 0 Å². The Balaban J connectivity index is 1.07. The van der Waals surface area contributed by atoms with Crippen molar-refractivity contribution in [3.63, 3.8) is 0 Å². The standard InChI is InChI=1S/C49H36N2/c1-35-15-3-2-14-34-50(47-23-11-8-20-44(47)41-17-5-4-16-40(35)41)38-30-26-36(27-31-38)37-28-32-39(33-29-37)51-48-24-12-9-21-45(48)42-18-6-7-19-43(42)46-22-10-13-25-49(46)51/h2-33H,1,34H2/b14-2-,15-3-. The van der Waals surface area contributed by atoms with Gasteiger partial charge in [-0.3, -0.25) is 0 Å². The SMILES string of the molecule is C=C1/C=C\C=C/CN(c2ccc(-c3ccc(N4c5ccccc5-c5ccccc5-c5ccccc54)cc3)cc2)c2ccccc2-c2ccccc21. The molecule has 2 nitrogen and oxygen atoms in total. The van der Waals surface area contributed by atoms with Crippen molar-refractivity contribution >= 4 is 34.0 Å². The van der Waals surface area contributed by atoms with E-state index in [1.165, 1.54) is 61.6 Å². The Bertz CT molecular complexity index is 2400. The van der Waals surface area contributed by atoms with Crippen molar-refractivity contribution in [2.45, 2.75) is 0 Å². The van der Waals surface area contributed by atoms with Crippen molar-refractivity contribution in [3.8, 4) is 44.5 Å². The van der Waals surface area contributed by atoms with Gasteiger partial charge in [0.2, 0.25) is 0 Å². The van der Waals surface area contributed by atoms with Crippen LogP contribution in [-0.2, 0) is 0 Å². The molecule has 0 saturated carbocycles. The fourth-order valence-electron chi connectivity index (χ4n) is 7.57. The Hall–Kier alpha value is -6.64. The predicted molar refractivity (Wildman–Crippen MR) is 217 cm³/mol. The van der Waals surface area contributed by atoms with Crippen LogP contribution in [0, 0.1) is 0 Å². The van der Waals surface area contributed by atoms with E-state index >= 15 is 0 Å². The Morgan fingerprint density at radius 2 is 0.784 bits per heavy atom. The Labute approximate surface area is 300 Å². The molecule has 7 aromatic carbocycles. The van der Waals surface area contributed by atoms with E-state index in [-0.39, 0.29) is 0 Å². The third-order valence-electron chi connectivity index (χ3n) is 10.0. The molecular formula is C49H36N2. The third-order valence-corrected chi connectivity index (χ3v) is 10.0. The zero-order chi connectivity index (χ0) is 34.1. The number of allylic oxidation sites excluding steroid dienone is 4. The predicted octanol–water partition coefficient (Wildman–Crippen LogP) is 13.4. The van der Waals surface area contributed by atoms with Crippen LogP contribution in [0.4, 0.5) is 28.4 Å². The van der Waals surface area contributed by atoms with Gasteiger partial charge in [0.1, 0.15) is 0 Å². The lowest BCUT2D eigenvalue weighted by Gasteiger charge is -2.28. The highest BCUT2D eigenvalue weighted by atomic mass is 15.2. The zero-order valence-corrected chi connectivity index (χ0v) is 28.3. The number of para-hydroxylation sites is 3. The van der Waals surface area contributed by atoms with E-state index in [0.29, 0.717) is 0 Å². The van der Waals surface area contributed by atoms with E-state index in [2.05, 4.69) is 211 Å². The van der Waals surface area contributed by atoms with E-state index in [9.17, 15) is 0 Å². The van der Waals surface area contributed by atoms with Crippen molar-refractivity contribution in [1.82, 2.24) is 0 Å². The van der Waals surface area contributed by atoms with Crippen LogP contribution in [0.15, 0.2) is 201 Å². The maximum atomic E-state index is 4.38. The van der Waals surface area contributed by atoms with Gasteiger partial charge in [0.25, 0.3) is 0 Å². The molecule has 0 fully saturated rings. The van der Waals surface area contributed by atoms with E-state index in [4.69, 9.17) is 0 Å². The molecule has 0 atom stereocenters. The number of fused-ring (bicyclic) bond motifs is 8. The number of rotatable bonds is 3. The highest BCUT2D eigenvalue weighted by Crippen LogP contribution is 2.50. The Morgan fingerprint density at radius 3 is 1.33 bits per heavy atom. The largest absolute Gasteiger partial charge is 0.337 e. The monoisotopic (exact) mass is 652 g/mol. The summed E-state index contributed by atoms with van der Waals surface area (Å²) in [6.07, 6.45) is 8.50. The lowest BCUT2D eigenvalue weighted by molar-refractivity contribution is 1.10. The van der Waals surface area contributed by atoms with Gasteiger partial charge in [-0.25, -0.2) is 0 Å². The number of hydrogen-bond donors (Lipinski definition) is 0. The third kappa shape index (κ3) is 5.48. The topological polar surface area (TPSA) is 6.48 Å². The van der Waals surface area contributed by atoms with Crippen molar-refractivity contribution in [3.05, 3.63) is 206 Å². The Morgan fingerprint density at radius 1 is 0.373 bits per heavy atom. The van der Waals surface area contributed by atoms with Crippen LogP contribution in [-0.4, -0.2) is 6.54 Å². The van der Waals surface area contributed by atoms with Crippen LogP contribution >= 0.6 is 0 Å². The minimum atomic E-state index is 0.743. The summed E-state index contributed by atoms with van der Waals surface area (Å²) in [5.41, 5.74) is 17.7. The van der Waals surface area contributed by atoms with Crippen molar-refractivity contribution < 1.29 is 0 Å². The minimum Gasteiger partial charge on any atom is -0.337 e. The molecular weight excluding hydrogens is 617 g/mol. The molecule has 9 rings (SSSR count). The number of benzene rings is 7. The first-order valence-corrected chi connectivity index (χ1v) is 17.5.